The Bertz CT molecular complexity index is 284. The molecule has 0 saturated carbocycles. The van der Waals surface area contributed by atoms with Crippen LogP contribution in [0, 0.1) is 0 Å². The van der Waals surface area contributed by atoms with Gasteiger partial charge in [0.25, 0.3) is 0 Å². The van der Waals surface area contributed by atoms with E-state index in [4.69, 9.17) is 0 Å². The highest BCUT2D eigenvalue weighted by Crippen LogP contribution is 1.98. The van der Waals surface area contributed by atoms with Crippen LogP contribution in [0.25, 0.3) is 0 Å². The summed E-state index contributed by atoms with van der Waals surface area (Å²) in [5.41, 5.74) is 0. The first kappa shape index (κ1) is 8.18. The molecular formula is C5H3N2O5-. The van der Waals surface area contributed by atoms with Crippen molar-refractivity contribution in [2.75, 3.05) is 6.54 Å². The summed E-state index contributed by atoms with van der Waals surface area (Å²) in [5.74, 6) is -3.90. The summed E-state index contributed by atoms with van der Waals surface area (Å²) in [5, 5.41) is 11.6. The molecule has 0 bridgehead atoms. The molecule has 1 aliphatic rings. The lowest BCUT2D eigenvalue weighted by Crippen LogP contribution is -2.41. The second kappa shape index (κ2) is 2.61. The zero-order valence-corrected chi connectivity index (χ0v) is 5.70. The number of amides is 4. The number of urea groups is 1. The summed E-state index contributed by atoms with van der Waals surface area (Å²) in [6.45, 7) is -0.906. The molecule has 0 unspecified atom stereocenters. The molecule has 1 N–H and O–H groups in total. The summed E-state index contributed by atoms with van der Waals surface area (Å²) < 4.78 is 0. The average molecular weight is 171 g/mol. The van der Waals surface area contributed by atoms with Gasteiger partial charge in [-0.25, -0.2) is 9.69 Å². The van der Waals surface area contributed by atoms with Gasteiger partial charge in [-0.15, -0.1) is 0 Å². The van der Waals surface area contributed by atoms with Crippen molar-refractivity contribution in [3.63, 3.8) is 0 Å². The van der Waals surface area contributed by atoms with Gasteiger partial charge in [-0.3, -0.25) is 14.9 Å². The van der Waals surface area contributed by atoms with Gasteiger partial charge in [0, 0.05) is 0 Å². The molecular weight excluding hydrogens is 168 g/mol. The molecule has 1 fully saturated rings. The number of hydrogen-bond donors (Lipinski definition) is 1. The molecule has 1 rings (SSSR count). The van der Waals surface area contributed by atoms with Crippen LogP contribution in [0.3, 0.4) is 0 Å². The van der Waals surface area contributed by atoms with Crippen LogP contribution < -0.4 is 10.4 Å². The Balaban J connectivity index is 2.77. The Kier molecular flexibility index (Phi) is 1.78. The Morgan fingerprint density at radius 2 is 2.00 bits per heavy atom. The highest BCUT2D eigenvalue weighted by atomic mass is 16.4. The topological polar surface area (TPSA) is 107 Å². The number of carbonyl (C=O) groups excluding carboxylic acids is 4. The highest BCUT2D eigenvalue weighted by molar-refractivity contribution is 6.45. The van der Waals surface area contributed by atoms with E-state index in [1.165, 1.54) is 0 Å². The predicted octanol–water partition coefficient (Wildman–Crippen LogP) is -3.19. The van der Waals surface area contributed by atoms with Gasteiger partial charge in [-0.2, -0.15) is 0 Å². The lowest BCUT2D eigenvalue weighted by molar-refractivity contribution is -0.305. The maximum atomic E-state index is 10.7. The lowest BCUT2D eigenvalue weighted by Gasteiger charge is -2.10. The molecule has 12 heavy (non-hydrogen) atoms. The van der Waals surface area contributed by atoms with E-state index in [0.717, 1.165) is 0 Å². The smallest absolute Gasteiger partial charge is 0.331 e. The van der Waals surface area contributed by atoms with Crippen molar-refractivity contribution in [1.29, 1.82) is 0 Å². The zero-order valence-electron chi connectivity index (χ0n) is 5.70. The average Bonchev–Trinajstić information content (AvgIpc) is 2.16. The van der Waals surface area contributed by atoms with E-state index >= 15 is 0 Å². The van der Waals surface area contributed by atoms with Crippen LogP contribution in [0.2, 0.25) is 0 Å². The fraction of sp³-hybridized carbons (Fsp3) is 0.200. The number of hydrogen-bond acceptors (Lipinski definition) is 5. The summed E-state index contributed by atoms with van der Waals surface area (Å²) in [7, 11) is 0. The van der Waals surface area contributed by atoms with Crippen molar-refractivity contribution in [2.24, 2.45) is 0 Å². The standard InChI is InChI=1S/C5H4N2O5/c8-2(9)1-7-4(11)3(10)6-5(7)12/h1H2,(H,8,9)(H,6,10,12)/p-1. The van der Waals surface area contributed by atoms with Gasteiger partial charge in [-0.1, -0.05) is 0 Å². The SMILES string of the molecule is O=C([O-])CN1C(=O)NC(=O)C1=O. The molecule has 64 valence electrons. The molecule has 0 atom stereocenters. The van der Waals surface area contributed by atoms with E-state index in [1.807, 2.05) is 0 Å². The molecule has 7 nitrogen and oxygen atoms in total. The van der Waals surface area contributed by atoms with Gasteiger partial charge >= 0.3 is 17.8 Å². The number of carboxylic acids is 1. The van der Waals surface area contributed by atoms with Crippen LogP contribution >= 0.6 is 0 Å². The normalized spacial score (nSPS) is 16.7. The molecule has 0 aromatic rings. The van der Waals surface area contributed by atoms with Crippen molar-refractivity contribution in [3.8, 4) is 0 Å². The number of imide groups is 2. The third-order valence-electron chi connectivity index (χ3n) is 1.19. The van der Waals surface area contributed by atoms with E-state index in [1.54, 1.807) is 5.32 Å². The third-order valence-corrected chi connectivity index (χ3v) is 1.19. The fourth-order valence-corrected chi connectivity index (χ4v) is 0.706. The molecule has 0 aromatic heterocycles. The minimum Gasteiger partial charge on any atom is -0.548 e. The van der Waals surface area contributed by atoms with Crippen LogP contribution in [0.4, 0.5) is 4.79 Å². The van der Waals surface area contributed by atoms with Crippen LogP contribution in [-0.2, 0) is 14.4 Å². The third kappa shape index (κ3) is 1.24. The van der Waals surface area contributed by atoms with E-state index in [2.05, 4.69) is 0 Å². The van der Waals surface area contributed by atoms with Gasteiger partial charge in [-0.05, 0) is 0 Å². The van der Waals surface area contributed by atoms with Gasteiger partial charge in [0.15, 0.2) is 0 Å². The second-order valence-electron chi connectivity index (χ2n) is 2.02. The van der Waals surface area contributed by atoms with Crippen LogP contribution in [0.15, 0.2) is 0 Å². The van der Waals surface area contributed by atoms with Crippen molar-refractivity contribution in [3.05, 3.63) is 0 Å². The van der Waals surface area contributed by atoms with Gasteiger partial charge in [0.2, 0.25) is 0 Å². The fourth-order valence-electron chi connectivity index (χ4n) is 0.706. The van der Waals surface area contributed by atoms with Crippen LogP contribution in [0.5, 0.6) is 0 Å². The number of carboxylic acid groups (broad SMARTS) is 1. The van der Waals surface area contributed by atoms with E-state index in [0.29, 0.717) is 0 Å². The van der Waals surface area contributed by atoms with Crippen LogP contribution in [-0.4, -0.2) is 35.3 Å². The largest absolute Gasteiger partial charge is 0.548 e. The van der Waals surface area contributed by atoms with Crippen LogP contribution in [0.1, 0.15) is 0 Å². The molecule has 0 spiro atoms. The maximum absolute atomic E-state index is 10.7. The number of aliphatic carboxylic acids is 1. The molecule has 1 aliphatic heterocycles. The van der Waals surface area contributed by atoms with Crippen molar-refractivity contribution in [1.82, 2.24) is 10.2 Å². The second-order valence-corrected chi connectivity index (χ2v) is 2.02. The minimum atomic E-state index is -1.60. The van der Waals surface area contributed by atoms with Crippen molar-refractivity contribution >= 4 is 23.8 Å². The molecule has 4 amide bonds. The Morgan fingerprint density at radius 3 is 2.33 bits per heavy atom. The first-order valence-electron chi connectivity index (χ1n) is 2.89. The van der Waals surface area contributed by atoms with E-state index in [9.17, 15) is 24.3 Å². The molecule has 0 aromatic carbocycles. The summed E-state index contributed by atoms with van der Waals surface area (Å²) in [6.07, 6.45) is 0. The molecule has 7 heteroatoms. The lowest BCUT2D eigenvalue weighted by atomic mass is 10.5. The summed E-state index contributed by atoms with van der Waals surface area (Å²) in [4.78, 5) is 41.9. The number of nitrogens with one attached hydrogen (secondary N) is 1. The first-order chi connectivity index (χ1) is 5.52. The molecule has 0 radical (unpaired) electrons. The highest BCUT2D eigenvalue weighted by Gasteiger charge is 2.36. The minimum absolute atomic E-state index is 0.262. The van der Waals surface area contributed by atoms with Gasteiger partial charge in [0.05, 0.1) is 12.5 Å². The van der Waals surface area contributed by atoms with Gasteiger partial charge < -0.3 is 9.90 Å². The Morgan fingerprint density at radius 1 is 1.42 bits per heavy atom. The van der Waals surface area contributed by atoms with Gasteiger partial charge in [0.1, 0.15) is 0 Å². The number of rotatable bonds is 2. The zero-order chi connectivity index (χ0) is 9.30. The predicted molar refractivity (Wildman–Crippen MR) is 30.3 cm³/mol. The Labute approximate surface area is 65.9 Å². The maximum Gasteiger partial charge on any atom is 0.331 e. The number of nitrogens with zero attached hydrogens (tertiary/aromatic N) is 1. The first-order valence-corrected chi connectivity index (χ1v) is 2.89. The Hall–Kier alpha value is -1.92. The molecule has 1 saturated heterocycles. The summed E-state index contributed by atoms with van der Waals surface area (Å²) in [6, 6.07) is -1.03. The number of carbonyl (C=O) groups is 4. The van der Waals surface area contributed by atoms with Crippen molar-refractivity contribution in [2.45, 2.75) is 0 Å². The quantitative estimate of drug-likeness (QED) is 0.348. The molecule has 1 heterocycles. The van der Waals surface area contributed by atoms with Crippen molar-refractivity contribution < 1.29 is 24.3 Å². The van der Waals surface area contributed by atoms with E-state index < -0.39 is 30.4 Å². The monoisotopic (exact) mass is 171 g/mol. The molecule has 0 aliphatic carbocycles. The van der Waals surface area contributed by atoms with E-state index in [-0.39, 0.29) is 4.90 Å². The summed E-state index contributed by atoms with van der Waals surface area (Å²) >= 11 is 0.